The number of anilines is 1. The molecule has 1 amide bonds. The monoisotopic (exact) mass is 398 g/mol. The van der Waals surface area contributed by atoms with Crippen molar-refractivity contribution in [2.75, 3.05) is 12.3 Å². The number of nitrogens with two attached hydrogens (primary N) is 1. The highest BCUT2D eigenvalue weighted by Gasteiger charge is 2.38. The van der Waals surface area contributed by atoms with Crippen molar-refractivity contribution in [3.8, 4) is 0 Å². The molecular formula is C20H22N4O3S. The number of thioether (sulfide) groups is 1. The topological polar surface area (TPSA) is 107 Å². The number of nitrogens with one attached hydrogen (secondary N) is 1. The molecule has 4 rings (SSSR count). The van der Waals surface area contributed by atoms with E-state index >= 15 is 0 Å². The van der Waals surface area contributed by atoms with Crippen molar-refractivity contribution < 1.29 is 14.3 Å². The molecule has 0 fully saturated rings. The molecule has 1 aromatic heterocycles. The second kappa shape index (κ2) is 6.48. The number of rotatable bonds is 1. The van der Waals surface area contributed by atoms with Crippen molar-refractivity contribution in [3.05, 3.63) is 29.3 Å². The summed E-state index contributed by atoms with van der Waals surface area (Å²) >= 11 is 1.47. The van der Waals surface area contributed by atoms with Crippen molar-refractivity contribution in [2.45, 2.75) is 49.5 Å². The second-order valence-electron chi connectivity index (χ2n) is 8.06. The van der Waals surface area contributed by atoms with Crippen LogP contribution in [0.3, 0.4) is 0 Å². The molecule has 3 N–H and O–H groups in total. The molecule has 28 heavy (non-hydrogen) atoms. The van der Waals surface area contributed by atoms with Gasteiger partial charge in [-0.1, -0.05) is 0 Å². The lowest BCUT2D eigenvalue weighted by atomic mass is 10.00. The number of hydrogen-bond donors (Lipinski definition) is 2. The van der Waals surface area contributed by atoms with Crippen LogP contribution in [0.4, 0.5) is 5.82 Å². The number of nitrogen functional groups attached to an aromatic ring is 1. The SMILES string of the molecule is CC1CN=C2c3c(ccc4nc(N)c(C(=O)OC(C)(C)C)cc34)S[C@H]2C(=O)N1. The molecule has 0 spiro atoms. The lowest BCUT2D eigenvalue weighted by Gasteiger charge is -2.20. The van der Waals surface area contributed by atoms with Gasteiger partial charge in [0, 0.05) is 21.9 Å². The number of nitrogens with zero attached hydrogens (tertiary/aromatic N) is 2. The Morgan fingerprint density at radius 1 is 1.36 bits per heavy atom. The Morgan fingerprint density at radius 2 is 2.11 bits per heavy atom. The van der Waals surface area contributed by atoms with Gasteiger partial charge in [-0.25, -0.2) is 9.78 Å². The van der Waals surface area contributed by atoms with Crippen LogP contribution in [0.5, 0.6) is 0 Å². The lowest BCUT2D eigenvalue weighted by Crippen LogP contribution is -2.39. The molecule has 3 heterocycles. The number of carbonyl (C=O) groups excluding carboxylic acids is 2. The van der Waals surface area contributed by atoms with E-state index in [0.717, 1.165) is 21.6 Å². The van der Waals surface area contributed by atoms with E-state index < -0.39 is 16.8 Å². The van der Waals surface area contributed by atoms with Gasteiger partial charge in [-0.15, -0.1) is 11.8 Å². The summed E-state index contributed by atoms with van der Waals surface area (Å²) in [5.74, 6) is -0.444. The summed E-state index contributed by atoms with van der Waals surface area (Å²) < 4.78 is 5.47. The van der Waals surface area contributed by atoms with E-state index in [0.29, 0.717) is 12.1 Å². The fourth-order valence-electron chi connectivity index (χ4n) is 3.35. The van der Waals surface area contributed by atoms with Gasteiger partial charge in [-0.05, 0) is 45.9 Å². The van der Waals surface area contributed by atoms with E-state index in [1.54, 1.807) is 26.8 Å². The zero-order chi connectivity index (χ0) is 20.2. The molecule has 0 saturated carbocycles. The average molecular weight is 398 g/mol. The largest absolute Gasteiger partial charge is 0.456 e. The third-order valence-corrected chi connectivity index (χ3v) is 5.79. The summed E-state index contributed by atoms with van der Waals surface area (Å²) in [5.41, 5.74) is 7.86. The van der Waals surface area contributed by atoms with Gasteiger partial charge in [0.2, 0.25) is 5.91 Å². The number of pyridine rings is 1. The summed E-state index contributed by atoms with van der Waals surface area (Å²) in [6.07, 6.45) is 0. The van der Waals surface area contributed by atoms with Crippen LogP contribution >= 0.6 is 11.8 Å². The Balaban J connectivity index is 1.88. The van der Waals surface area contributed by atoms with Crippen LogP contribution in [-0.4, -0.2) is 46.0 Å². The van der Waals surface area contributed by atoms with Crippen LogP contribution in [0.2, 0.25) is 0 Å². The van der Waals surface area contributed by atoms with E-state index in [1.807, 2.05) is 19.1 Å². The number of carbonyl (C=O) groups is 2. The minimum absolute atomic E-state index is 0.0179. The Kier molecular flexibility index (Phi) is 4.33. The van der Waals surface area contributed by atoms with Gasteiger partial charge < -0.3 is 15.8 Å². The van der Waals surface area contributed by atoms with Crippen LogP contribution < -0.4 is 11.1 Å². The van der Waals surface area contributed by atoms with E-state index in [-0.39, 0.29) is 23.3 Å². The van der Waals surface area contributed by atoms with Crippen LogP contribution in [0.1, 0.15) is 43.6 Å². The third-order valence-electron chi connectivity index (χ3n) is 4.52. The van der Waals surface area contributed by atoms with Gasteiger partial charge in [0.1, 0.15) is 22.2 Å². The smallest absolute Gasteiger partial charge is 0.342 e. The third kappa shape index (κ3) is 3.22. The summed E-state index contributed by atoms with van der Waals surface area (Å²) in [7, 11) is 0. The first-order chi connectivity index (χ1) is 13.1. The highest BCUT2D eigenvalue weighted by molar-refractivity contribution is 8.02. The average Bonchev–Trinajstić information content (AvgIpc) is 2.90. The minimum atomic E-state index is -0.641. The highest BCUT2D eigenvalue weighted by atomic mass is 32.2. The molecular weight excluding hydrogens is 376 g/mol. The van der Waals surface area contributed by atoms with Crippen LogP contribution in [0.15, 0.2) is 28.1 Å². The Bertz CT molecular complexity index is 1040. The number of amides is 1. The predicted octanol–water partition coefficient (Wildman–Crippen LogP) is 2.55. The van der Waals surface area contributed by atoms with Crippen molar-refractivity contribution >= 4 is 46.1 Å². The maximum absolute atomic E-state index is 12.6. The van der Waals surface area contributed by atoms with Crippen molar-refractivity contribution in [2.24, 2.45) is 4.99 Å². The highest BCUT2D eigenvalue weighted by Crippen LogP contribution is 2.42. The Hall–Kier alpha value is -2.61. The molecule has 1 aromatic carbocycles. The van der Waals surface area contributed by atoms with Gasteiger partial charge in [-0.3, -0.25) is 9.79 Å². The van der Waals surface area contributed by atoms with E-state index in [4.69, 9.17) is 15.5 Å². The molecule has 2 aromatic rings. The Morgan fingerprint density at radius 3 is 2.82 bits per heavy atom. The molecule has 7 nitrogen and oxygen atoms in total. The predicted molar refractivity (Wildman–Crippen MR) is 110 cm³/mol. The summed E-state index contributed by atoms with van der Waals surface area (Å²) in [5, 5.41) is 3.33. The molecule has 146 valence electrons. The van der Waals surface area contributed by atoms with Gasteiger partial charge in [0.05, 0.1) is 17.8 Å². The molecule has 8 heteroatoms. The normalized spacial score (nSPS) is 21.4. The molecule has 0 radical (unpaired) electrons. The van der Waals surface area contributed by atoms with Crippen molar-refractivity contribution in [1.82, 2.24) is 10.3 Å². The molecule has 2 aliphatic heterocycles. The second-order valence-corrected chi connectivity index (χ2v) is 9.21. The fourth-order valence-corrected chi connectivity index (χ4v) is 4.56. The number of hydrogen-bond acceptors (Lipinski definition) is 7. The van der Waals surface area contributed by atoms with Crippen LogP contribution in [-0.2, 0) is 9.53 Å². The molecule has 0 saturated heterocycles. The van der Waals surface area contributed by atoms with Gasteiger partial charge in [-0.2, -0.15) is 0 Å². The quantitative estimate of drug-likeness (QED) is 0.715. The number of benzene rings is 1. The van der Waals surface area contributed by atoms with E-state index in [9.17, 15) is 9.59 Å². The number of fused-ring (bicyclic) bond motifs is 5. The first-order valence-electron chi connectivity index (χ1n) is 9.12. The zero-order valence-corrected chi connectivity index (χ0v) is 17.0. The molecule has 0 aliphatic carbocycles. The van der Waals surface area contributed by atoms with E-state index in [2.05, 4.69) is 10.3 Å². The fraction of sp³-hybridized carbons (Fsp3) is 0.400. The minimum Gasteiger partial charge on any atom is -0.456 e. The first-order valence-corrected chi connectivity index (χ1v) is 10.0. The van der Waals surface area contributed by atoms with Gasteiger partial charge >= 0.3 is 5.97 Å². The van der Waals surface area contributed by atoms with Crippen LogP contribution in [0, 0.1) is 0 Å². The number of ether oxygens (including phenoxy) is 1. The standard InChI is InChI=1S/C20H22N4O3S/c1-9-8-22-15-14-10-7-11(19(26)27-20(2,3)4)17(21)24-12(10)5-6-13(14)28-16(15)18(25)23-9/h5-7,9,16H,8H2,1-4H3,(H2,21,24)(H,23,25)/t9?,16-/m1/s1. The molecule has 2 aliphatic rings. The van der Waals surface area contributed by atoms with Crippen LogP contribution in [0.25, 0.3) is 10.9 Å². The first kappa shape index (κ1) is 18.7. The lowest BCUT2D eigenvalue weighted by molar-refractivity contribution is -0.119. The number of aromatic nitrogens is 1. The number of aliphatic imine (C=N–C) groups is 1. The number of esters is 1. The maximum Gasteiger partial charge on any atom is 0.342 e. The molecule has 1 unspecified atom stereocenters. The van der Waals surface area contributed by atoms with Gasteiger partial charge in [0.15, 0.2) is 0 Å². The van der Waals surface area contributed by atoms with Gasteiger partial charge in [0.25, 0.3) is 0 Å². The maximum atomic E-state index is 12.6. The zero-order valence-electron chi connectivity index (χ0n) is 16.2. The molecule has 0 bridgehead atoms. The summed E-state index contributed by atoms with van der Waals surface area (Å²) in [6.45, 7) is 7.84. The van der Waals surface area contributed by atoms with Crippen molar-refractivity contribution in [3.63, 3.8) is 0 Å². The van der Waals surface area contributed by atoms with E-state index in [1.165, 1.54) is 11.8 Å². The Labute approximate surface area is 167 Å². The summed E-state index contributed by atoms with van der Waals surface area (Å²) in [6, 6.07) is 5.47. The molecule has 2 atom stereocenters. The summed E-state index contributed by atoms with van der Waals surface area (Å²) in [4.78, 5) is 35.3. The van der Waals surface area contributed by atoms with Crippen molar-refractivity contribution in [1.29, 1.82) is 0 Å².